The molecule has 15 heavy (non-hydrogen) atoms. The molecule has 0 radical (unpaired) electrons. The first-order chi connectivity index (χ1) is 6.82. The minimum absolute atomic E-state index is 0.0278. The highest BCUT2D eigenvalue weighted by Crippen LogP contribution is 2.07. The number of rotatable bonds is 7. The minimum Gasteiger partial charge on any atom is -0.481 e. The van der Waals surface area contributed by atoms with Crippen molar-refractivity contribution in [3.05, 3.63) is 0 Å². The number of hydrogen-bond acceptors (Lipinski definition) is 3. The van der Waals surface area contributed by atoms with Crippen LogP contribution in [0.1, 0.15) is 27.2 Å². The number of primary amides is 1. The molecule has 0 heterocycles. The lowest BCUT2D eigenvalue weighted by atomic mass is 10.1. The first-order valence-electron chi connectivity index (χ1n) is 5.07. The second-order valence-corrected chi connectivity index (χ2v) is 4.24. The lowest BCUT2D eigenvalue weighted by molar-refractivity contribution is -0.138. The van der Waals surface area contributed by atoms with Gasteiger partial charge >= 0.3 is 5.97 Å². The summed E-state index contributed by atoms with van der Waals surface area (Å²) in [6, 6.07) is -0.169. The Kier molecular flexibility index (Phi) is 5.93. The number of nitrogens with two attached hydrogens (primary N) is 1. The zero-order chi connectivity index (χ0) is 12.0. The van der Waals surface area contributed by atoms with Gasteiger partial charge in [0.25, 0.3) is 0 Å². The summed E-state index contributed by atoms with van der Waals surface area (Å²) in [5.74, 6) is -0.908. The van der Waals surface area contributed by atoms with Crippen LogP contribution in [-0.4, -0.2) is 41.0 Å². The van der Waals surface area contributed by atoms with Crippen LogP contribution in [0.15, 0.2) is 0 Å². The average molecular weight is 216 g/mol. The molecular weight excluding hydrogens is 196 g/mol. The predicted molar refractivity (Wildman–Crippen MR) is 57.3 cm³/mol. The summed E-state index contributed by atoms with van der Waals surface area (Å²) in [5, 5.41) is 8.66. The number of aliphatic carboxylic acids is 1. The molecule has 0 aromatic heterocycles. The van der Waals surface area contributed by atoms with Crippen LogP contribution < -0.4 is 5.73 Å². The molecule has 88 valence electrons. The van der Waals surface area contributed by atoms with Crippen LogP contribution in [0.25, 0.3) is 0 Å². The largest absolute Gasteiger partial charge is 0.481 e. The molecule has 0 aliphatic rings. The van der Waals surface area contributed by atoms with Gasteiger partial charge in [0.15, 0.2) is 0 Å². The summed E-state index contributed by atoms with van der Waals surface area (Å²) in [5.41, 5.74) is 5.11. The van der Waals surface area contributed by atoms with Crippen molar-refractivity contribution in [2.24, 2.45) is 11.7 Å². The van der Waals surface area contributed by atoms with E-state index >= 15 is 0 Å². The summed E-state index contributed by atoms with van der Waals surface area (Å²) in [4.78, 5) is 23.2. The Morgan fingerprint density at radius 1 is 1.33 bits per heavy atom. The zero-order valence-corrected chi connectivity index (χ0v) is 9.56. The molecule has 5 heteroatoms. The molecule has 1 atom stereocenters. The molecule has 0 aromatic rings. The molecular formula is C10H20N2O3. The maximum Gasteiger partial charge on any atom is 0.304 e. The van der Waals surface area contributed by atoms with E-state index in [9.17, 15) is 9.59 Å². The van der Waals surface area contributed by atoms with Crippen LogP contribution in [-0.2, 0) is 9.59 Å². The van der Waals surface area contributed by atoms with Crippen LogP contribution in [0.3, 0.4) is 0 Å². The van der Waals surface area contributed by atoms with Crippen molar-refractivity contribution in [1.82, 2.24) is 4.90 Å². The molecule has 0 aromatic carbocycles. The topological polar surface area (TPSA) is 83.6 Å². The van der Waals surface area contributed by atoms with E-state index < -0.39 is 11.9 Å². The summed E-state index contributed by atoms with van der Waals surface area (Å²) in [7, 11) is 0. The van der Waals surface area contributed by atoms with E-state index in [1.165, 1.54) is 0 Å². The van der Waals surface area contributed by atoms with Crippen LogP contribution in [0.5, 0.6) is 0 Å². The van der Waals surface area contributed by atoms with Gasteiger partial charge in [-0.2, -0.15) is 0 Å². The van der Waals surface area contributed by atoms with Gasteiger partial charge in [0.1, 0.15) is 0 Å². The smallest absolute Gasteiger partial charge is 0.304 e. The molecule has 0 spiro atoms. The number of carboxylic acid groups (broad SMARTS) is 1. The summed E-state index contributed by atoms with van der Waals surface area (Å²) < 4.78 is 0. The molecule has 0 saturated carbocycles. The van der Waals surface area contributed by atoms with Crippen molar-refractivity contribution >= 4 is 11.9 Å². The molecule has 1 unspecified atom stereocenters. The number of hydrogen-bond donors (Lipinski definition) is 2. The van der Waals surface area contributed by atoms with Gasteiger partial charge in [-0.15, -0.1) is 0 Å². The molecule has 0 fully saturated rings. The van der Waals surface area contributed by atoms with Gasteiger partial charge in [-0.25, -0.2) is 0 Å². The van der Waals surface area contributed by atoms with Crippen LogP contribution in [0.4, 0.5) is 0 Å². The lowest BCUT2D eigenvalue weighted by Crippen LogP contribution is -2.42. The normalized spacial score (nSPS) is 13.1. The van der Waals surface area contributed by atoms with Gasteiger partial charge < -0.3 is 10.8 Å². The Balaban J connectivity index is 4.32. The van der Waals surface area contributed by atoms with Crippen LogP contribution >= 0.6 is 0 Å². The van der Waals surface area contributed by atoms with Crippen LogP contribution in [0, 0.1) is 5.92 Å². The lowest BCUT2D eigenvalue weighted by Gasteiger charge is -2.28. The Bertz CT molecular complexity index is 229. The number of carbonyl (C=O) groups is 2. The van der Waals surface area contributed by atoms with Crippen molar-refractivity contribution in [3.8, 4) is 0 Å². The van der Waals surface area contributed by atoms with E-state index in [4.69, 9.17) is 10.8 Å². The third-order valence-corrected chi connectivity index (χ3v) is 2.05. The molecule has 0 bridgehead atoms. The average Bonchev–Trinajstić information content (AvgIpc) is 1.99. The number of carbonyl (C=O) groups excluding carboxylic acids is 1. The third kappa shape index (κ3) is 6.90. The molecule has 5 nitrogen and oxygen atoms in total. The van der Waals surface area contributed by atoms with Crippen molar-refractivity contribution in [3.63, 3.8) is 0 Å². The Hall–Kier alpha value is -1.10. The van der Waals surface area contributed by atoms with Crippen molar-refractivity contribution in [1.29, 1.82) is 0 Å². The maximum atomic E-state index is 10.8. The quantitative estimate of drug-likeness (QED) is 0.640. The summed E-state index contributed by atoms with van der Waals surface area (Å²) in [6.07, 6.45) is 0.0278. The molecule has 0 aliphatic carbocycles. The van der Waals surface area contributed by atoms with Crippen molar-refractivity contribution in [2.45, 2.75) is 33.2 Å². The highest BCUT2D eigenvalue weighted by Gasteiger charge is 2.19. The molecule has 1 amide bonds. The second kappa shape index (κ2) is 6.40. The van der Waals surface area contributed by atoms with E-state index in [1.54, 1.807) is 11.8 Å². The van der Waals surface area contributed by atoms with E-state index in [0.717, 1.165) is 0 Å². The minimum atomic E-state index is -0.860. The number of nitrogens with zero attached hydrogens (tertiary/aromatic N) is 1. The monoisotopic (exact) mass is 216 g/mol. The fourth-order valence-electron chi connectivity index (χ4n) is 1.45. The highest BCUT2D eigenvalue weighted by atomic mass is 16.4. The number of amides is 1. The predicted octanol–water partition coefficient (Wildman–Crippen LogP) is 0.293. The van der Waals surface area contributed by atoms with E-state index in [2.05, 4.69) is 0 Å². The SMILES string of the molecule is CC(C)CN(CC(N)=O)C(C)CC(=O)O. The Morgan fingerprint density at radius 3 is 2.20 bits per heavy atom. The maximum absolute atomic E-state index is 10.8. The molecule has 0 saturated heterocycles. The number of carboxylic acids is 1. The highest BCUT2D eigenvalue weighted by molar-refractivity contribution is 5.76. The first-order valence-corrected chi connectivity index (χ1v) is 5.07. The van der Waals surface area contributed by atoms with Crippen LogP contribution in [0.2, 0.25) is 0 Å². The van der Waals surface area contributed by atoms with Gasteiger partial charge in [0.05, 0.1) is 13.0 Å². The summed E-state index contributed by atoms with van der Waals surface area (Å²) >= 11 is 0. The van der Waals surface area contributed by atoms with Gasteiger partial charge in [0.2, 0.25) is 5.91 Å². The second-order valence-electron chi connectivity index (χ2n) is 4.24. The fourth-order valence-corrected chi connectivity index (χ4v) is 1.45. The van der Waals surface area contributed by atoms with Gasteiger partial charge in [0, 0.05) is 12.6 Å². The standard InChI is InChI=1S/C10H20N2O3/c1-7(2)5-12(6-9(11)13)8(3)4-10(14)15/h7-8H,4-6H2,1-3H3,(H2,11,13)(H,14,15). The molecule has 0 aliphatic heterocycles. The van der Waals surface area contributed by atoms with Crippen molar-refractivity contribution < 1.29 is 14.7 Å². The van der Waals surface area contributed by atoms with Gasteiger partial charge in [-0.05, 0) is 12.8 Å². The van der Waals surface area contributed by atoms with Crippen molar-refractivity contribution in [2.75, 3.05) is 13.1 Å². The first kappa shape index (κ1) is 13.9. The van der Waals surface area contributed by atoms with Gasteiger partial charge in [-0.1, -0.05) is 13.8 Å². The van der Waals surface area contributed by atoms with Gasteiger partial charge in [-0.3, -0.25) is 14.5 Å². The molecule has 0 rings (SSSR count). The Labute approximate surface area is 90.2 Å². The zero-order valence-electron chi connectivity index (χ0n) is 9.56. The van der Waals surface area contributed by atoms with E-state index in [-0.39, 0.29) is 19.0 Å². The van der Waals surface area contributed by atoms with E-state index in [0.29, 0.717) is 12.5 Å². The third-order valence-electron chi connectivity index (χ3n) is 2.05. The fraction of sp³-hybridized carbons (Fsp3) is 0.800. The molecule has 3 N–H and O–H groups in total. The van der Waals surface area contributed by atoms with E-state index in [1.807, 2.05) is 13.8 Å². The Morgan fingerprint density at radius 2 is 1.87 bits per heavy atom. The summed E-state index contributed by atoms with van der Waals surface area (Å²) in [6.45, 7) is 6.62.